The van der Waals surface area contributed by atoms with Crippen LogP contribution in [0.15, 0.2) is 0 Å². The van der Waals surface area contributed by atoms with Gasteiger partial charge in [-0.25, -0.2) is 0 Å². The standard InChI is InChI=1S/C13H28N2/c1-3-5-10-15-11-7-6-8-13(15)12-14-9-4-2/h13-14H,3-12H2,1-2H3. The molecule has 0 aromatic rings. The summed E-state index contributed by atoms with van der Waals surface area (Å²) in [7, 11) is 0. The van der Waals surface area contributed by atoms with Gasteiger partial charge >= 0.3 is 0 Å². The summed E-state index contributed by atoms with van der Waals surface area (Å²) in [5, 5.41) is 3.57. The van der Waals surface area contributed by atoms with Gasteiger partial charge in [0.25, 0.3) is 0 Å². The second-order valence-corrected chi connectivity index (χ2v) is 4.74. The monoisotopic (exact) mass is 212 g/mol. The predicted molar refractivity (Wildman–Crippen MR) is 67.3 cm³/mol. The molecule has 0 aromatic carbocycles. The van der Waals surface area contributed by atoms with Gasteiger partial charge < -0.3 is 5.32 Å². The topological polar surface area (TPSA) is 15.3 Å². The number of unbranched alkanes of at least 4 members (excludes halogenated alkanes) is 1. The van der Waals surface area contributed by atoms with Crippen LogP contribution in [0.1, 0.15) is 52.4 Å². The summed E-state index contributed by atoms with van der Waals surface area (Å²) in [6.45, 7) is 9.56. The zero-order valence-corrected chi connectivity index (χ0v) is 10.6. The molecule has 1 saturated heterocycles. The minimum atomic E-state index is 0.817. The molecule has 0 aliphatic carbocycles. The quantitative estimate of drug-likeness (QED) is 0.653. The van der Waals surface area contributed by atoms with E-state index < -0.39 is 0 Å². The number of piperidine rings is 1. The molecular formula is C13H28N2. The van der Waals surface area contributed by atoms with Crippen LogP contribution in [0.25, 0.3) is 0 Å². The first-order valence-corrected chi connectivity index (χ1v) is 6.83. The predicted octanol–water partition coefficient (Wildman–Crippen LogP) is 2.64. The summed E-state index contributed by atoms with van der Waals surface area (Å²) in [5.41, 5.74) is 0. The molecule has 1 unspecified atom stereocenters. The van der Waals surface area contributed by atoms with E-state index in [-0.39, 0.29) is 0 Å². The number of hydrogen-bond donors (Lipinski definition) is 1. The summed E-state index contributed by atoms with van der Waals surface area (Å²) in [4.78, 5) is 2.70. The third kappa shape index (κ3) is 4.98. The Morgan fingerprint density at radius 3 is 2.80 bits per heavy atom. The van der Waals surface area contributed by atoms with Gasteiger partial charge in [0.05, 0.1) is 0 Å². The van der Waals surface area contributed by atoms with Crippen LogP contribution >= 0.6 is 0 Å². The molecule has 1 heterocycles. The van der Waals surface area contributed by atoms with Crippen molar-refractivity contribution in [2.45, 2.75) is 58.4 Å². The largest absolute Gasteiger partial charge is 0.315 e. The van der Waals surface area contributed by atoms with Crippen molar-refractivity contribution >= 4 is 0 Å². The number of hydrogen-bond acceptors (Lipinski definition) is 2. The highest BCUT2D eigenvalue weighted by Gasteiger charge is 2.20. The number of rotatable bonds is 7. The van der Waals surface area contributed by atoms with Crippen molar-refractivity contribution in [2.75, 3.05) is 26.2 Å². The van der Waals surface area contributed by atoms with Crippen LogP contribution in [0, 0.1) is 0 Å². The van der Waals surface area contributed by atoms with Gasteiger partial charge in [0.15, 0.2) is 0 Å². The van der Waals surface area contributed by atoms with Crippen LogP contribution in [0.2, 0.25) is 0 Å². The van der Waals surface area contributed by atoms with E-state index in [4.69, 9.17) is 0 Å². The maximum absolute atomic E-state index is 3.57. The molecule has 0 radical (unpaired) electrons. The van der Waals surface area contributed by atoms with Crippen LogP contribution in [0.3, 0.4) is 0 Å². The van der Waals surface area contributed by atoms with Crippen LogP contribution in [-0.2, 0) is 0 Å². The highest BCUT2D eigenvalue weighted by Crippen LogP contribution is 2.16. The third-order valence-electron chi connectivity index (χ3n) is 3.35. The smallest absolute Gasteiger partial charge is 0.0220 e. The maximum Gasteiger partial charge on any atom is 0.0220 e. The lowest BCUT2D eigenvalue weighted by Crippen LogP contribution is -2.45. The average Bonchev–Trinajstić information content (AvgIpc) is 2.28. The Balaban J connectivity index is 2.22. The molecule has 1 atom stereocenters. The lowest BCUT2D eigenvalue weighted by atomic mass is 10.0. The van der Waals surface area contributed by atoms with Gasteiger partial charge in [-0.2, -0.15) is 0 Å². The number of nitrogens with zero attached hydrogens (tertiary/aromatic N) is 1. The fraction of sp³-hybridized carbons (Fsp3) is 1.00. The first-order chi connectivity index (χ1) is 7.38. The summed E-state index contributed by atoms with van der Waals surface area (Å²) in [6.07, 6.45) is 8.19. The molecule has 1 aliphatic rings. The van der Waals surface area contributed by atoms with Crippen LogP contribution in [0.4, 0.5) is 0 Å². The molecule has 2 nitrogen and oxygen atoms in total. The molecular weight excluding hydrogens is 184 g/mol. The highest BCUT2D eigenvalue weighted by molar-refractivity contribution is 4.78. The van der Waals surface area contributed by atoms with Gasteiger partial charge in [-0.3, -0.25) is 4.90 Å². The molecule has 1 rings (SSSR count). The minimum Gasteiger partial charge on any atom is -0.315 e. The van der Waals surface area contributed by atoms with Crippen molar-refractivity contribution in [1.29, 1.82) is 0 Å². The van der Waals surface area contributed by atoms with Crippen molar-refractivity contribution in [3.05, 3.63) is 0 Å². The Kier molecular flexibility index (Phi) is 7.03. The first-order valence-electron chi connectivity index (χ1n) is 6.83. The molecule has 0 aromatic heterocycles. The van der Waals surface area contributed by atoms with Gasteiger partial charge in [0.1, 0.15) is 0 Å². The van der Waals surface area contributed by atoms with E-state index in [0.717, 1.165) is 6.04 Å². The fourth-order valence-corrected chi connectivity index (χ4v) is 2.39. The lowest BCUT2D eigenvalue weighted by Gasteiger charge is -2.36. The van der Waals surface area contributed by atoms with Gasteiger partial charge in [-0.1, -0.05) is 26.7 Å². The maximum atomic E-state index is 3.57. The molecule has 1 fully saturated rings. The summed E-state index contributed by atoms with van der Waals surface area (Å²) in [6, 6.07) is 0.817. The van der Waals surface area contributed by atoms with Crippen LogP contribution in [0.5, 0.6) is 0 Å². The van der Waals surface area contributed by atoms with Crippen molar-refractivity contribution in [3.8, 4) is 0 Å². The Morgan fingerprint density at radius 1 is 1.20 bits per heavy atom. The first kappa shape index (κ1) is 13.0. The van der Waals surface area contributed by atoms with Crippen molar-refractivity contribution < 1.29 is 0 Å². The normalized spacial score (nSPS) is 23.2. The average molecular weight is 212 g/mol. The summed E-state index contributed by atoms with van der Waals surface area (Å²) >= 11 is 0. The molecule has 15 heavy (non-hydrogen) atoms. The second kappa shape index (κ2) is 8.12. The van der Waals surface area contributed by atoms with Crippen molar-refractivity contribution in [3.63, 3.8) is 0 Å². The molecule has 1 aliphatic heterocycles. The van der Waals surface area contributed by atoms with E-state index in [9.17, 15) is 0 Å². The number of likely N-dealkylation sites (tertiary alicyclic amines) is 1. The molecule has 1 N–H and O–H groups in total. The SMILES string of the molecule is CCCCN1CCCCC1CNCCC. The Labute approximate surface area is 95.4 Å². The molecule has 0 amide bonds. The molecule has 0 spiro atoms. The zero-order valence-electron chi connectivity index (χ0n) is 10.6. The van der Waals surface area contributed by atoms with Gasteiger partial charge in [-0.05, 0) is 45.3 Å². The molecule has 0 saturated carbocycles. The minimum absolute atomic E-state index is 0.817. The fourth-order valence-electron chi connectivity index (χ4n) is 2.39. The van der Waals surface area contributed by atoms with Crippen LogP contribution in [-0.4, -0.2) is 37.1 Å². The van der Waals surface area contributed by atoms with Crippen molar-refractivity contribution in [2.24, 2.45) is 0 Å². The molecule has 90 valence electrons. The second-order valence-electron chi connectivity index (χ2n) is 4.74. The Morgan fingerprint density at radius 2 is 2.07 bits per heavy atom. The van der Waals surface area contributed by atoms with Gasteiger partial charge in [0, 0.05) is 12.6 Å². The molecule has 0 bridgehead atoms. The van der Waals surface area contributed by atoms with E-state index in [0.29, 0.717) is 0 Å². The zero-order chi connectivity index (χ0) is 10.9. The highest BCUT2D eigenvalue weighted by atomic mass is 15.2. The number of nitrogens with one attached hydrogen (secondary N) is 1. The van der Waals surface area contributed by atoms with Crippen LogP contribution < -0.4 is 5.32 Å². The summed E-state index contributed by atoms with van der Waals surface area (Å²) < 4.78 is 0. The van der Waals surface area contributed by atoms with E-state index >= 15 is 0 Å². The summed E-state index contributed by atoms with van der Waals surface area (Å²) in [5.74, 6) is 0. The van der Waals surface area contributed by atoms with Gasteiger partial charge in [0.2, 0.25) is 0 Å². The third-order valence-corrected chi connectivity index (χ3v) is 3.35. The van der Waals surface area contributed by atoms with Gasteiger partial charge in [-0.15, -0.1) is 0 Å². The van der Waals surface area contributed by atoms with E-state index in [1.54, 1.807) is 0 Å². The Hall–Kier alpha value is -0.0800. The van der Waals surface area contributed by atoms with E-state index in [2.05, 4.69) is 24.1 Å². The van der Waals surface area contributed by atoms with E-state index in [1.165, 1.54) is 64.7 Å². The molecule has 2 heteroatoms. The van der Waals surface area contributed by atoms with Crippen molar-refractivity contribution in [1.82, 2.24) is 10.2 Å². The van der Waals surface area contributed by atoms with E-state index in [1.807, 2.05) is 0 Å². The Bertz CT molecular complexity index is 147. The lowest BCUT2D eigenvalue weighted by molar-refractivity contribution is 0.143.